The summed E-state index contributed by atoms with van der Waals surface area (Å²) in [5, 5.41) is 3.50. The number of anilines is 1. The molecule has 1 aliphatic rings. The molecule has 1 amide bonds. The van der Waals surface area contributed by atoms with Gasteiger partial charge in [0.05, 0.1) is 31.0 Å². The molecule has 0 radical (unpaired) electrons. The number of hydrogen-bond acceptors (Lipinski definition) is 7. The van der Waals surface area contributed by atoms with Gasteiger partial charge >= 0.3 is 5.97 Å². The van der Waals surface area contributed by atoms with E-state index < -0.39 is 18.0 Å². The minimum Gasteiger partial charge on any atom is -0.497 e. The summed E-state index contributed by atoms with van der Waals surface area (Å²) in [6.45, 7) is 7.32. The maximum Gasteiger partial charge on any atom is 0.339 e. The molecule has 1 aromatic heterocycles. The number of ether oxygens (including phenoxy) is 3. The maximum atomic E-state index is 13.5. The van der Waals surface area contributed by atoms with Gasteiger partial charge in [-0.15, -0.1) is 0 Å². The third-order valence-electron chi connectivity index (χ3n) is 6.33. The summed E-state index contributed by atoms with van der Waals surface area (Å²) in [6, 6.07) is 12.9. The van der Waals surface area contributed by atoms with E-state index in [1.54, 1.807) is 32.2 Å². The van der Waals surface area contributed by atoms with Crippen molar-refractivity contribution in [1.29, 1.82) is 0 Å². The fourth-order valence-corrected chi connectivity index (χ4v) is 4.29. The Balaban J connectivity index is 1.60. The van der Waals surface area contributed by atoms with Crippen LogP contribution in [0, 0.1) is 0 Å². The Morgan fingerprint density at radius 1 is 1.06 bits per heavy atom. The molecule has 1 atom stereocenters. The molecule has 0 bridgehead atoms. The predicted molar refractivity (Wildman–Crippen MR) is 134 cm³/mol. The highest BCUT2D eigenvalue weighted by Crippen LogP contribution is 2.31. The fourth-order valence-electron chi connectivity index (χ4n) is 4.29. The highest BCUT2D eigenvalue weighted by atomic mass is 16.5. The molecular weight excluding hydrogens is 446 g/mol. The Morgan fingerprint density at radius 3 is 2.54 bits per heavy atom. The first-order valence-electron chi connectivity index (χ1n) is 11.7. The number of hydrogen-bond donors (Lipinski definition) is 1. The van der Waals surface area contributed by atoms with Gasteiger partial charge < -0.3 is 19.5 Å². The van der Waals surface area contributed by atoms with Crippen molar-refractivity contribution in [1.82, 2.24) is 9.88 Å². The number of nitrogens with zero attached hydrogens (tertiary/aromatic N) is 2. The molecule has 0 saturated carbocycles. The number of carbonyl (C=O) groups is 2. The lowest BCUT2D eigenvalue weighted by Crippen LogP contribution is -2.37. The number of benzene rings is 2. The Bertz CT molecular complexity index is 1260. The monoisotopic (exact) mass is 477 g/mol. The average molecular weight is 478 g/mol. The van der Waals surface area contributed by atoms with Crippen molar-refractivity contribution >= 4 is 28.5 Å². The molecule has 0 fully saturated rings. The number of esters is 1. The zero-order valence-corrected chi connectivity index (χ0v) is 20.8. The molecule has 8 heteroatoms. The molecule has 0 aliphatic carbocycles. The van der Waals surface area contributed by atoms with Crippen molar-refractivity contribution in [3.63, 3.8) is 0 Å². The second kappa shape index (κ2) is 10.3. The zero-order chi connectivity index (χ0) is 25.1. The van der Waals surface area contributed by atoms with E-state index in [4.69, 9.17) is 19.2 Å². The molecule has 8 nitrogen and oxygen atoms in total. The van der Waals surface area contributed by atoms with Crippen LogP contribution in [0.5, 0.6) is 11.5 Å². The Labute approximate surface area is 205 Å². The summed E-state index contributed by atoms with van der Waals surface area (Å²) in [7, 11) is 3.06. The smallest absolute Gasteiger partial charge is 0.339 e. The number of rotatable bonds is 7. The first kappa shape index (κ1) is 24.5. The number of aromatic nitrogens is 1. The molecule has 184 valence electrons. The molecule has 1 N–H and O–H groups in total. The van der Waals surface area contributed by atoms with Crippen LogP contribution in [0.1, 0.15) is 42.4 Å². The third-order valence-corrected chi connectivity index (χ3v) is 6.33. The third kappa shape index (κ3) is 5.07. The topological polar surface area (TPSA) is 90.0 Å². The molecule has 0 spiro atoms. The summed E-state index contributed by atoms with van der Waals surface area (Å²) in [5.74, 6) is 0.0518. The van der Waals surface area contributed by atoms with E-state index in [9.17, 15) is 9.59 Å². The second-order valence-corrected chi connectivity index (χ2v) is 8.85. The van der Waals surface area contributed by atoms with Crippen LogP contribution >= 0.6 is 0 Å². The molecule has 1 unspecified atom stereocenters. The van der Waals surface area contributed by atoms with Crippen LogP contribution in [-0.4, -0.2) is 54.7 Å². The van der Waals surface area contributed by atoms with Gasteiger partial charge in [0, 0.05) is 48.3 Å². The standard InChI is InChI=1S/C27H31N3O5/c1-16(2)30-13-12-22-20(15-30)25(19-8-6-7-9-21(19)28-22)27(32)35-17(3)26(31)29-23-11-10-18(33-4)14-24(23)34-5/h6-11,14,16-17H,12-13,15H2,1-5H3,(H,29,31). The molecule has 35 heavy (non-hydrogen) atoms. The van der Waals surface area contributed by atoms with Crippen molar-refractivity contribution in [2.75, 3.05) is 26.1 Å². The number of para-hydroxylation sites is 1. The van der Waals surface area contributed by atoms with Gasteiger partial charge in [0.25, 0.3) is 5.91 Å². The Hall–Kier alpha value is -3.65. The SMILES string of the molecule is COc1ccc(NC(=O)C(C)OC(=O)c2c3c(nc4ccccc24)CCN(C(C)C)C3)c(OC)c1. The largest absolute Gasteiger partial charge is 0.497 e. The quantitative estimate of drug-likeness (QED) is 0.510. The number of pyridine rings is 1. The van der Waals surface area contributed by atoms with Gasteiger partial charge in [-0.1, -0.05) is 18.2 Å². The average Bonchev–Trinajstić information content (AvgIpc) is 2.86. The first-order valence-corrected chi connectivity index (χ1v) is 11.7. The van der Waals surface area contributed by atoms with Gasteiger partial charge in [0.1, 0.15) is 11.5 Å². The summed E-state index contributed by atoms with van der Waals surface area (Å²) in [6.07, 6.45) is -0.270. The Kier molecular flexibility index (Phi) is 7.21. The van der Waals surface area contributed by atoms with Crippen LogP contribution < -0.4 is 14.8 Å². The highest BCUT2D eigenvalue weighted by Gasteiger charge is 2.29. The van der Waals surface area contributed by atoms with Crippen LogP contribution in [0.3, 0.4) is 0 Å². The minimum atomic E-state index is -1.03. The molecular formula is C27H31N3O5. The van der Waals surface area contributed by atoms with Crippen molar-refractivity contribution in [2.24, 2.45) is 0 Å². The summed E-state index contributed by atoms with van der Waals surface area (Å²) < 4.78 is 16.2. The lowest BCUT2D eigenvalue weighted by Gasteiger charge is -2.32. The number of amides is 1. The van der Waals surface area contributed by atoms with Gasteiger partial charge in [-0.3, -0.25) is 14.7 Å². The van der Waals surface area contributed by atoms with E-state index in [1.807, 2.05) is 24.3 Å². The lowest BCUT2D eigenvalue weighted by atomic mass is 9.95. The lowest BCUT2D eigenvalue weighted by molar-refractivity contribution is -0.123. The van der Waals surface area contributed by atoms with E-state index in [2.05, 4.69) is 24.1 Å². The predicted octanol–water partition coefficient (Wildman–Crippen LogP) is 4.20. The van der Waals surface area contributed by atoms with Gasteiger partial charge in [-0.2, -0.15) is 0 Å². The highest BCUT2D eigenvalue weighted by molar-refractivity contribution is 6.06. The van der Waals surface area contributed by atoms with E-state index in [0.29, 0.717) is 35.3 Å². The molecule has 2 aromatic carbocycles. The van der Waals surface area contributed by atoms with Crippen LogP contribution in [0.4, 0.5) is 5.69 Å². The van der Waals surface area contributed by atoms with E-state index in [1.165, 1.54) is 7.11 Å². The Morgan fingerprint density at radius 2 is 1.83 bits per heavy atom. The van der Waals surface area contributed by atoms with E-state index in [0.717, 1.165) is 35.1 Å². The van der Waals surface area contributed by atoms with Gasteiger partial charge in [-0.25, -0.2) is 4.79 Å². The summed E-state index contributed by atoms with van der Waals surface area (Å²) in [5.41, 5.74) is 3.47. The number of carbonyl (C=O) groups excluding carboxylic acids is 2. The maximum absolute atomic E-state index is 13.5. The van der Waals surface area contributed by atoms with Gasteiger partial charge in [0.2, 0.25) is 0 Å². The zero-order valence-electron chi connectivity index (χ0n) is 20.8. The molecule has 2 heterocycles. The summed E-state index contributed by atoms with van der Waals surface area (Å²) in [4.78, 5) is 33.5. The summed E-state index contributed by atoms with van der Waals surface area (Å²) >= 11 is 0. The van der Waals surface area contributed by atoms with Crippen molar-refractivity contribution in [2.45, 2.75) is 45.9 Å². The normalized spacial score (nSPS) is 14.3. The number of fused-ring (bicyclic) bond motifs is 2. The van der Waals surface area contributed by atoms with Crippen LogP contribution in [-0.2, 0) is 22.5 Å². The van der Waals surface area contributed by atoms with Gasteiger partial charge in [0.15, 0.2) is 6.10 Å². The second-order valence-electron chi connectivity index (χ2n) is 8.85. The van der Waals surface area contributed by atoms with Crippen molar-refractivity contribution in [3.05, 3.63) is 59.3 Å². The van der Waals surface area contributed by atoms with Crippen molar-refractivity contribution in [3.8, 4) is 11.5 Å². The number of methoxy groups -OCH3 is 2. The van der Waals surface area contributed by atoms with E-state index >= 15 is 0 Å². The van der Waals surface area contributed by atoms with Crippen LogP contribution in [0.15, 0.2) is 42.5 Å². The van der Waals surface area contributed by atoms with Gasteiger partial charge in [-0.05, 0) is 39.0 Å². The molecule has 3 aromatic rings. The molecule has 0 saturated heterocycles. The molecule has 4 rings (SSSR count). The first-order chi connectivity index (χ1) is 16.8. The van der Waals surface area contributed by atoms with Crippen LogP contribution in [0.25, 0.3) is 10.9 Å². The van der Waals surface area contributed by atoms with Crippen LogP contribution in [0.2, 0.25) is 0 Å². The number of nitrogens with one attached hydrogen (secondary N) is 1. The minimum absolute atomic E-state index is 0.336. The molecule has 1 aliphatic heterocycles. The van der Waals surface area contributed by atoms with Crippen molar-refractivity contribution < 1.29 is 23.8 Å². The fraction of sp³-hybridized carbons (Fsp3) is 0.370. The van der Waals surface area contributed by atoms with E-state index in [-0.39, 0.29) is 0 Å².